The maximum absolute atomic E-state index is 13.8. The lowest BCUT2D eigenvalue weighted by molar-refractivity contribution is -0.457. The second kappa shape index (κ2) is 12.5. The number of alkyl halides is 8. The summed E-state index contributed by atoms with van der Waals surface area (Å²) in [5.74, 6) is -15.8. The molecule has 0 heterocycles. The van der Waals surface area contributed by atoms with Gasteiger partial charge in [-0.15, -0.1) is 0 Å². The third-order valence-electron chi connectivity index (χ3n) is 8.40. The minimum absolute atomic E-state index is 0.00993. The second-order valence-electron chi connectivity index (χ2n) is 11.8. The molecule has 4 saturated carbocycles. The average molecular weight is 677 g/mol. The molecule has 6 rings (SSSR count). The fourth-order valence-corrected chi connectivity index (χ4v) is 6.64. The number of halogens is 15. The molecule has 4 bridgehead atoms. The van der Waals surface area contributed by atoms with Gasteiger partial charge in [-0.05, 0) is 82.3 Å². The molecule has 2 aromatic carbocycles. The SMILES string of the molecule is CC(F)(F)C(OC12CC3CC(CC(C3)C1)C2)(C(F)(F)F)C(F)(F)F.Cc1c(F)c(F)c(F)c(F)c1F.Cc1c(F)cccc1F. The highest BCUT2D eigenvalue weighted by molar-refractivity contribution is 5.22. The Kier molecular flexibility index (Phi) is 10.2. The van der Waals surface area contributed by atoms with Gasteiger partial charge in [0.05, 0.1) is 5.60 Å². The smallest absolute Gasteiger partial charge is 0.347 e. The van der Waals surface area contributed by atoms with Crippen LogP contribution in [-0.4, -0.2) is 29.5 Å². The first-order valence-corrected chi connectivity index (χ1v) is 13.5. The zero-order valence-electron chi connectivity index (χ0n) is 23.8. The summed E-state index contributed by atoms with van der Waals surface area (Å²) in [6, 6.07) is 3.81. The Morgan fingerprint density at radius 1 is 0.578 bits per heavy atom. The van der Waals surface area contributed by atoms with Crippen molar-refractivity contribution in [2.45, 2.75) is 88.8 Å². The normalized spacial score (nSPS) is 24.5. The number of hydrogen-bond acceptors (Lipinski definition) is 1. The molecule has 4 aliphatic rings. The van der Waals surface area contributed by atoms with Gasteiger partial charge in [0.15, 0.2) is 23.3 Å². The van der Waals surface area contributed by atoms with Crippen molar-refractivity contribution in [3.8, 4) is 0 Å². The van der Waals surface area contributed by atoms with E-state index in [2.05, 4.69) is 4.74 Å². The Morgan fingerprint density at radius 2 is 0.911 bits per heavy atom. The molecule has 0 saturated heterocycles. The predicted octanol–water partition coefficient (Wildman–Crippen LogP) is 10.5. The van der Waals surface area contributed by atoms with Gasteiger partial charge < -0.3 is 4.74 Å². The Bertz CT molecular complexity index is 1180. The predicted molar refractivity (Wildman–Crippen MR) is 130 cm³/mol. The fraction of sp³-hybridized carbons (Fsp3) is 0.586. The van der Waals surface area contributed by atoms with Crippen molar-refractivity contribution in [3.05, 3.63) is 70.0 Å². The van der Waals surface area contributed by atoms with Crippen LogP contribution in [-0.2, 0) is 4.74 Å². The van der Waals surface area contributed by atoms with Gasteiger partial charge in [0.25, 0.3) is 5.92 Å². The van der Waals surface area contributed by atoms with Crippen molar-refractivity contribution >= 4 is 0 Å². The Labute approximate surface area is 247 Å². The summed E-state index contributed by atoms with van der Waals surface area (Å²) in [4.78, 5) is 0. The van der Waals surface area contributed by atoms with Crippen LogP contribution >= 0.6 is 0 Å². The summed E-state index contributed by atoms with van der Waals surface area (Å²) in [5, 5.41) is 0. The van der Waals surface area contributed by atoms with Crippen molar-refractivity contribution < 1.29 is 70.6 Å². The summed E-state index contributed by atoms with van der Waals surface area (Å²) >= 11 is 0. The molecule has 0 spiro atoms. The van der Waals surface area contributed by atoms with E-state index >= 15 is 0 Å². The molecule has 254 valence electrons. The minimum atomic E-state index is -6.27. The maximum atomic E-state index is 13.8. The van der Waals surface area contributed by atoms with E-state index < -0.39 is 75.8 Å². The topological polar surface area (TPSA) is 9.23 Å². The van der Waals surface area contributed by atoms with Crippen molar-refractivity contribution in [1.82, 2.24) is 0 Å². The summed E-state index contributed by atoms with van der Waals surface area (Å²) in [6.07, 6.45) is -10.4. The van der Waals surface area contributed by atoms with E-state index in [0.717, 1.165) is 26.2 Å². The van der Waals surface area contributed by atoms with Crippen LogP contribution in [0.2, 0.25) is 0 Å². The average Bonchev–Trinajstić information content (AvgIpc) is 2.89. The molecule has 0 atom stereocenters. The maximum Gasteiger partial charge on any atom is 0.432 e. The molecular weight excluding hydrogens is 649 g/mol. The molecule has 4 fully saturated rings. The molecule has 0 radical (unpaired) electrons. The second-order valence-corrected chi connectivity index (χ2v) is 11.8. The van der Waals surface area contributed by atoms with Gasteiger partial charge in [0.2, 0.25) is 5.82 Å². The number of ether oxygens (including phenoxy) is 1. The van der Waals surface area contributed by atoms with Crippen molar-refractivity contribution in [2.75, 3.05) is 0 Å². The van der Waals surface area contributed by atoms with Gasteiger partial charge >= 0.3 is 18.0 Å². The lowest BCUT2D eigenvalue weighted by Crippen LogP contribution is -2.72. The highest BCUT2D eigenvalue weighted by Gasteiger charge is 2.84. The molecule has 16 heteroatoms. The molecule has 45 heavy (non-hydrogen) atoms. The van der Waals surface area contributed by atoms with Crippen LogP contribution in [0.25, 0.3) is 0 Å². The zero-order chi connectivity index (χ0) is 34.5. The molecule has 4 aliphatic carbocycles. The summed E-state index contributed by atoms with van der Waals surface area (Å²) < 4.78 is 198. The summed E-state index contributed by atoms with van der Waals surface area (Å²) in [7, 11) is 0. The third-order valence-corrected chi connectivity index (χ3v) is 8.40. The third kappa shape index (κ3) is 7.04. The molecule has 0 amide bonds. The van der Waals surface area contributed by atoms with Crippen molar-refractivity contribution in [2.24, 2.45) is 17.8 Å². The van der Waals surface area contributed by atoms with E-state index in [1.807, 2.05) is 0 Å². The molecule has 0 N–H and O–H groups in total. The number of rotatable bonds is 3. The first kappa shape index (κ1) is 36.8. The molecular formula is C29H27F15O. The minimum Gasteiger partial charge on any atom is -0.347 e. The van der Waals surface area contributed by atoms with E-state index in [0.29, 0.717) is 0 Å². The van der Waals surface area contributed by atoms with Gasteiger partial charge in [0, 0.05) is 18.1 Å². The molecule has 0 aliphatic heterocycles. The van der Waals surface area contributed by atoms with Gasteiger partial charge in [-0.3, -0.25) is 0 Å². The van der Waals surface area contributed by atoms with E-state index in [1.54, 1.807) is 0 Å². The highest BCUT2D eigenvalue weighted by Crippen LogP contribution is 2.63. The molecule has 0 unspecified atom stereocenters. The molecule has 2 aromatic rings. The first-order chi connectivity index (χ1) is 20.4. The van der Waals surface area contributed by atoms with Gasteiger partial charge in [-0.25, -0.2) is 39.5 Å². The van der Waals surface area contributed by atoms with Crippen LogP contribution in [0.4, 0.5) is 65.9 Å². The summed E-state index contributed by atoms with van der Waals surface area (Å²) in [5.41, 5.74) is -8.03. The van der Waals surface area contributed by atoms with E-state index in [1.165, 1.54) is 25.1 Å². The highest BCUT2D eigenvalue weighted by atomic mass is 19.4. The van der Waals surface area contributed by atoms with Gasteiger partial charge in [0.1, 0.15) is 11.6 Å². The number of hydrogen-bond donors (Lipinski definition) is 0. The first-order valence-electron chi connectivity index (χ1n) is 13.5. The van der Waals surface area contributed by atoms with Crippen LogP contribution in [0.15, 0.2) is 18.2 Å². The monoisotopic (exact) mass is 676 g/mol. The van der Waals surface area contributed by atoms with Crippen molar-refractivity contribution in [3.63, 3.8) is 0 Å². The fourth-order valence-electron chi connectivity index (χ4n) is 6.64. The Hall–Kier alpha value is -2.65. The van der Waals surface area contributed by atoms with Gasteiger partial charge in [-0.1, -0.05) is 6.07 Å². The van der Waals surface area contributed by atoms with Crippen LogP contribution in [0.5, 0.6) is 0 Å². The largest absolute Gasteiger partial charge is 0.432 e. The Balaban J connectivity index is 0.000000218. The van der Waals surface area contributed by atoms with Crippen LogP contribution in [0.1, 0.15) is 56.6 Å². The zero-order valence-corrected chi connectivity index (χ0v) is 23.8. The number of benzene rings is 2. The van der Waals surface area contributed by atoms with Gasteiger partial charge in [-0.2, -0.15) is 26.3 Å². The van der Waals surface area contributed by atoms with E-state index in [4.69, 9.17) is 0 Å². The van der Waals surface area contributed by atoms with Crippen molar-refractivity contribution in [1.29, 1.82) is 0 Å². The van der Waals surface area contributed by atoms with E-state index in [-0.39, 0.29) is 49.5 Å². The Morgan fingerprint density at radius 3 is 1.20 bits per heavy atom. The quantitative estimate of drug-likeness (QED) is 0.179. The standard InChI is InChI=1S/C15H18F8O.C7H3F5.C7H6F2/c1-11(16,17)13(14(18,19)20,15(21,22)23)24-12-5-8-2-9(6-12)4-10(3-8)7-12;1-2-3(8)5(10)7(12)6(11)4(2)9;1-5-6(8)3-2-4-7(5)9/h8-10H,2-7H2,1H3;1H3;2-4H,1H3. The van der Waals surface area contributed by atoms with E-state index in [9.17, 15) is 65.9 Å². The van der Waals surface area contributed by atoms with Crippen LogP contribution < -0.4 is 0 Å². The van der Waals surface area contributed by atoms with Crippen LogP contribution in [0.3, 0.4) is 0 Å². The molecule has 1 nitrogen and oxygen atoms in total. The lowest BCUT2D eigenvalue weighted by atomic mass is 9.54. The van der Waals surface area contributed by atoms with Crippen LogP contribution in [0, 0.1) is 72.3 Å². The molecule has 0 aromatic heterocycles. The lowest BCUT2D eigenvalue weighted by Gasteiger charge is -2.59. The summed E-state index contributed by atoms with van der Waals surface area (Å²) in [6.45, 7) is 1.86.